The molecule has 3 aliphatic carbocycles. The van der Waals surface area contributed by atoms with E-state index >= 15 is 0 Å². The quantitative estimate of drug-likeness (QED) is 0.308. The van der Waals surface area contributed by atoms with Crippen LogP contribution in [0.4, 0.5) is 11.4 Å². The van der Waals surface area contributed by atoms with E-state index in [9.17, 15) is 0 Å². The third-order valence-electron chi connectivity index (χ3n) is 7.86. The van der Waals surface area contributed by atoms with Crippen LogP contribution in [0.15, 0.2) is 124 Å². The molecule has 3 aliphatic rings. The van der Waals surface area contributed by atoms with Gasteiger partial charge in [-0.2, -0.15) is 0 Å². The molecule has 0 spiro atoms. The molecule has 0 radical (unpaired) electrons. The van der Waals surface area contributed by atoms with Gasteiger partial charge < -0.3 is 4.90 Å². The van der Waals surface area contributed by atoms with Crippen molar-refractivity contribution in [2.24, 2.45) is 0 Å². The Hall–Kier alpha value is -3.36. The highest BCUT2D eigenvalue weighted by molar-refractivity contribution is 9.10. The first kappa shape index (κ1) is 24.0. The third kappa shape index (κ3) is 4.60. The Morgan fingerprint density at radius 2 is 1.65 bits per heavy atom. The van der Waals surface area contributed by atoms with Crippen molar-refractivity contribution in [3.63, 3.8) is 0 Å². The number of rotatable bonds is 5. The molecule has 37 heavy (non-hydrogen) atoms. The molecule has 0 aliphatic heterocycles. The number of benzene rings is 3. The van der Waals surface area contributed by atoms with Crippen LogP contribution in [0.2, 0.25) is 0 Å². The number of hydrogen-bond acceptors (Lipinski definition) is 1. The zero-order valence-corrected chi connectivity index (χ0v) is 23.1. The van der Waals surface area contributed by atoms with Gasteiger partial charge in [0.25, 0.3) is 0 Å². The van der Waals surface area contributed by atoms with Crippen molar-refractivity contribution >= 4 is 39.0 Å². The summed E-state index contributed by atoms with van der Waals surface area (Å²) in [5, 5.41) is 0. The fourth-order valence-corrected chi connectivity index (χ4v) is 6.15. The smallest absolute Gasteiger partial charge is 0.0464 e. The molecule has 3 aromatic carbocycles. The second-order valence-electron chi connectivity index (χ2n) is 10.6. The van der Waals surface area contributed by atoms with Crippen molar-refractivity contribution in [3.8, 4) is 0 Å². The van der Waals surface area contributed by atoms with Crippen LogP contribution < -0.4 is 4.90 Å². The molecule has 0 unspecified atom stereocenters. The molecule has 0 fully saturated rings. The van der Waals surface area contributed by atoms with Gasteiger partial charge in [0.05, 0.1) is 0 Å². The van der Waals surface area contributed by atoms with Gasteiger partial charge in [-0.15, -0.1) is 0 Å². The molecule has 3 aromatic rings. The number of halogens is 1. The number of fused-ring (bicyclic) bond motifs is 2. The van der Waals surface area contributed by atoms with Crippen molar-refractivity contribution in [2.45, 2.75) is 44.9 Å². The van der Waals surface area contributed by atoms with E-state index in [1.54, 1.807) is 0 Å². The zero-order chi connectivity index (χ0) is 25.4. The molecule has 0 heterocycles. The van der Waals surface area contributed by atoms with Crippen LogP contribution in [0, 0.1) is 0 Å². The van der Waals surface area contributed by atoms with E-state index in [1.807, 2.05) is 0 Å². The predicted octanol–water partition coefficient (Wildman–Crippen LogP) is 10.3. The molecule has 0 bridgehead atoms. The lowest BCUT2D eigenvalue weighted by molar-refractivity contribution is 0.650. The molecule has 6 rings (SSSR count). The first-order chi connectivity index (χ1) is 18.0. The van der Waals surface area contributed by atoms with Gasteiger partial charge >= 0.3 is 0 Å². The van der Waals surface area contributed by atoms with E-state index in [2.05, 4.69) is 144 Å². The Bertz CT molecular complexity index is 1480. The van der Waals surface area contributed by atoms with E-state index in [0.717, 1.165) is 30.2 Å². The number of para-hydroxylation sites is 1. The van der Waals surface area contributed by atoms with E-state index in [1.165, 1.54) is 50.5 Å². The molecule has 0 saturated heterocycles. The first-order valence-electron chi connectivity index (χ1n) is 13.3. The van der Waals surface area contributed by atoms with Crippen LogP contribution in [-0.2, 0) is 5.41 Å². The van der Waals surface area contributed by atoms with Crippen LogP contribution in [0.3, 0.4) is 0 Å². The zero-order valence-electron chi connectivity index (χ0n) is 21.5. The van der Waals surface area contributed by atoms with Crippen molar-refractivity contribution < 1.29 is 0 Å². The summed E-state index contributed by atoms with van der Waals surface area (Å²) >= 11 is 3.53. The van der Waals surface area contributed by atoms with Crippen LogP contribution in [-0.4, -0.2) is 0 Å². The maximum Gasteiger partial charge on any atom is 0.0464 e. The second kappa shape index (κ2) is 9.84. The number of nitrogens with zero attached hydrogens (tertiary/aromatic N) is 1. The molecule has 2 heteroatoms. The summed E-state index contributed by atoms with van der Waals surface area (Å²) in [6.07, 6.45) is 18.3. The summed E-state index contributed by atoms with van der Waals surface area (Å²) in [5.74, 6) is 0. The number of anilines is 2. The first-order valence-corrected chi connectivity index (χ1v) is 14.0. The summed E-state index contributed by atoms with van der Waals surface area (Å²) in [4.78, 5) is 2.41. The van der Waals surface area contributed by atoms with Gasteiger partial charge in [-0.25, -0.2) is 0 Å². The van der Waals surface area contributed by atoms with Gasteiger partial charge in [-0.1, -0.05) is 96.6 Å². The van der Waals surface area contributed by atoms with E-state index in [4.69, 9.17) is 0 Å². The Morgan fingerprint density at radius 1 is 0.838 bits per heavy atom. The molecular formula is C35H32BrN. The SMILES string of the molecule is CC1(C)C2=C(CCC(/C=C/c3ccc(Br)cc3)=C2)c2ccc(N(C3=CCCC=C3)c3ccccc3)cc21. The minimum Gasteiger partial charge on any atom is -0.311 e. The van der Waals surface area contributed by atoms with Crippen LogP contribution in [0.25, 0.3) is 11.6 Å². The number of allylic oxidation sites excluding steroid dienone is 8. The summed E-state index contributed by atoms with van der Waals surface area (Å²) in [7, 11) is 0. The van der Waals surface area contributed by atoms with Gasteiger partial charge in [0, 0.05) is 27.0 Å². The Kier molecular flexibility index (Phi) is 6.38. The minimum absolute atomic E-state index is 0.0308. The molecule has 184 valence electrons. The van der Waals surface area contributed by atoms with Gasteiger partial charge in [0.15, 0.2) is 0 Å². The summed E-state index contributed by atoms with van der Waals surface area (Å²) < 4.78 is 1.11. The van der Waals surface area contributed by atoms with Crippen LogP contribution in [0.1, 0.15) is 56.2 Å². The molecule has 0 aromatic heterocycles. The predicted molar refractivity (Wildman–Crippen MR) is 162 cm³/mol. The molecule has 0 N–H and O–H groups in total. The Labute approximate surface area is 229 Å². The van der Waals surface area contributed by atoms with Gasteiger partial charge in [0.2, 0.25) is 0 Å². The average Bonchev–Trinajstić information content (AvgIpc) is 3.15. The Morgan fingerprint density at radius 3 is 2.41 bits per heavy atom. The summed E-state index contributed by atoms with van der Waals surface area (Å²) in [5.41, 5.74) is 12.2. The van der Waals surface area contributed by atoms with Crippen molar-refractivity contribution in [1.82, 2.24) is 0 Å². The lowest BCUT2D eigenvalue weighted by Crippen LogP contribution is -2.19. The van der Waals surface area contributed by atoms with Crippen LogP contribution >= 0.6 is 15.9 Å². The van der Waals surface area contributed by atoms with Crippen molar-refractivity contribution in [1.29, 1.82) is 0 Å². The summed E-state index contributed by atoms with van der Waals surface area (Å²) in [6, 6.07) is 26.4. The molecule has 0 saturated carbocycles. The second-order valence-corrected chi connectivity index (χ2v) is 11.5. The minimum atomic E-state index is -0.0308. The highest BCUT2D eigenvalue weighted by Crippen LogP contribution is 2.52. The van der Waals surface area contributed by atoms with Crippen molar-refractivity contribution in [2.75, 3.05) is 4.90 Å². The fourth-order valence-electron chi connectivity index (χ4n) is 5.88. The number of hydrogen-bond donors (Lipinski definition) is 0. The largest absolute Gasteiger partial charge is 0.311 e. The van der Waals surface area contributed by atoms with Crippen LogP contribution in [0.5, 0.6) is 0 Å². The van der Waals surface area contributed by atoms with Gasteiger partial charge in [-0.3, -0.25) is 0 Å². The van der Waals surface area contributed by atoms with Gasteiger partial charge in [0.1, 0.15) is 0 Å². The Balaban J connectivity index is 1.35. The lowest BCUT2D eigenvalue weighted by Gasteiger charge is -2.30. The van der Waals surface area contributed by atoms with Crippen molar-refractivity contribution in [3.05, 3.63) is 141 Å². The topological polar surface area (TPSA) is 3.24 Å². The molecule has 0 amide bonds. The summed E-state index contributed by atoms with van der Waals surface area (Å²) in [6.45, 7) is 4.78. The molecule has 1 nitrogen and oxygen atoms in total. The maximum absolute atomic E-state index is 3.53. The lowest BCUT2D eigenvalue weighted by atomic mass is 9.78. The highest BCUT2D eigenvalue weighted by atomic mass is 79.9. The highest BCUT2D eigenvalue weighted by Gasteiger charge is 2.38. The maximum atomic E-state index is 3.53. The fraction of sp³-hybridized carbons (Fsp3) is 0.200. The van der Waals surface area contributed by atoms with Gasteiger partial charge in [-0.05, 0) is 102 Å². The average molecular weight is 547 g/mol. The monoisotopic (exact) mass is 545 g/mol. The van der Waals surface area contributed by atoms with E-state index < -0.39 is 0 Å². The molecular weight excluding hydrogens is 514 g/mol. The van der Waals surface area contributed by atoms with E-state index in [0.29, 0.717) is 0 Å². The normalized spacial score (nSPS) is 17.9. The molecule has 0 atom stereocenters. The standard InChI is InChI=1S/C35H32BrN/c1-35(2)33-23-26(14-13-25-15-18-27(36)19-16-25)17-21-31(33)32-22-20-30(24-34(32)35)37(28-9-5-3-6-10-28)29-11-7-4-8-12-29/h3,5-7,9-16,18-20,22-24H,4,8,17,21H2,1-2H3/b14-13+. The third-order valence-corrected chi connectivity index (χ3v) is 8.39. The van der Waals surface area contributed by atoms with E-state index in [-0.39, 0.29) is 5.41 Å².